The average Bonchev–Trinajstić information content (AvgIpc) is 2.56. The van der Waals surface area contributed by atoms with Crippen molar-refractivity contribution in [2.75, 3.05) is 7.11 Å². The van der Waals surface area contributed by atoms with Crippen molar-refractivity contribution in [3.63, 3.8) is 0 Å². The number of carbonyl (C=O) groups is 2. The molecule has 2 rings (SSSR count). The first-order valence-electron chi connectivity index (χ1n) is 7.73. The molecule has 0 saturated carbocycles. The molecule has 0 unspecified atom stereocenters. The maximum absolute atomic E-state index is 14.1. The van der Waals surface area contributed by atoms with Gasteiger partial charge < -0.3 is 10.1 Å². The third kappa shape index (κ3) is 4.48. The highest BCUT2D eigenvalue weighted by Crippen LogP contribution is 2.21. The highest BCUT2D eigenvalue weighted by molar-refractivity contribution is 5.98. The predicted octanol–water partition coefficient (Wildman–Crippen LogP) is 3.67. The zero-order valence-corrected chi connectivity index (χ0v) is 14.2. The van der Waals surface area contributed by atoms with Crippen molar-refractivity contribution in [3.05, 3.63) is 70.8 Å². The van der Waals surface area contributed by atoms with E-state index < -0.39 is 23.9 Å². The molecule has 0 bridgehead atoms. The van der Waals surface area contributed by atoms with Gasteiger partial charge in [-0.15, -0.1) is 0 Å². The minimum atomic E-state index is -0.770. The van der Waals surface area contributed by atoms with Gasteiger partial charge in [-0.3, -0.25) is 9.59 Å². The van der Waals surface area contributed by atoms with E-state index >= 15 is 0 Å². The second-order valence-corrected chi connectivity index (χ2v) is 5.72. The fourth-order valence-corrected chi connectivity index (χ4v) is 2.56. The monoisotopic (exact) mass is 347 g/mol. The molecule has 2 atom stereocenters. The summed E-state index contributed by atoms with van der Waals surface area (Å²) in [5, 5.41) is 2.67. The summed E-state index contributed by atoms with van der Waals surface area (Å²) in [5.41, 5.74) is 0.720. The van der Waals surface area contributed by atoms with Crippen molar-refractivity contribution in [3.8, 4) is 0 Å². The van der Waals surface area contributed by atoms with Crippen LogP contribution in [-0.4, -0.2) is 24.8 Å². The van der Waals surface area contributed by atoms with Gasteiger partial charge in [-0.25, -0.2) is 8.78 Å². The molecule has 0 aliphatic carbocycles. The number of halogens is 2. The molecule has 0 aliphatic rings. The fraction of sp³-hybridized carbons (Fsp3) is 0.263. The Morgan fingerprint density at radius 3 is 2.24 bits per heavy atom. The summed E-state index contributed by atoms with van der Waals surface area (Å²) in [7, 11) is 1.47. The topological polar surface area (TPSA) is 55.4 Å². The number of Topliss-reactive ketones (excluding diaryl/α,β-unsaturated/α-hetero) is 1. The Hall–Kier alpha value is -2.60. The van der Waals surface area contributed by atoms with Gasteiger partial charge in [-0.2, -0.15) is 0 Å². The van der Waals surface area contributed by atoms with Crippen molar-refractivity contribution in [1.82, 2.24) is 5.32 Å². The lowest BCUT2D eigenvalue weighted by atomic mass is 10.0. The minimum absolute atomic E-state index is 0.161. The van der Waals surface area contributed by atoms with Gasteiger partial charge in [0.1, 0.15) is 17.7 Å². The maximum atomic E-state index is 14.1. The van der Waals surface area contributed by atoms with E-state index in [1.807, 2.05) is 0 Å². The number of hydrogen-bond acceptors (Lipinski definition) is 3. The summed E-state index contributed by atoms with van der Waals surface area (Å²) < 4.78 is 32.5. The molecule has 1 N–H and O–H groups in total. The van der Waals surface area contributed by atoms with Gasteiger partial charge in [-0.05, 0) is 43.7 Å². The van der Waals surface area contributed by atoms with Crippen LogP contribution in [0.3, 0.4) is 0 Å². The normalized spacial score (nSPS) is 13.2. The third-order valence-electron chi connectivity index (χ3n) is 3.89. The Kier molecular flexibility index (Phi) is 5.98. The number of amides is 1. The molecule has 0 aromatic heterocycles. The molecule has 0 saturated heterocycles. The number of methoxy groups -OCH3 is 1. The second kappa shape index (κ2) is 7.98. The summed E-state index contributed by atoms with van der Waals surface area (Å²) in [6, 6.07) is 8.95. The smallest absolute Gasteiger partial charge is 0.254 e. The van der Waals surface area contributed by atoms with Gasteiger partial charge >= 0.3 is 0 Å². The van der Waals surface area contributed by atoms with Crippen molar-refractivity contribution in [1.29, 1.82) is 0 Å². The minimum Gasteiger partial charge on any atom is -0.375 e. The Labute approximate surface area is 144 Å². The van der Waals surface area contributed by atoms with Crippen LogP contribution in [0.25, 0.3) is 0 Å². The van der Waals surface area contributed by atoms with E-state index in [2.05, 4.69) is 5.32 Å². The van der Waals surface area contributed by atoms with Gasteiger partial charge in [-0.1, -0.05) is 18.2 Å². The van der Waals surface area contributed by atoms with Gasteiger partial charge in [0.25, 0.3) is 5.91 Å². The van der Waals surface area contributed by atoms with Crippen molar-refractivity contribution in [2.24, 2.45) is 0 Å². The van der Waals surface area contributed by atoms with Crippen LogP contribution >= 0.6 is 0 Å². The van der Waals surface area contributed by atoms with Crippen LogP contribution < -0.4 is 5.32 Å². The molecule has 6 heteroatoms. The number of ether oxygens (including phenoxy) is 1. The molecule has 2 aromatic carbocycles. The van der Waals surface area contributed by atoms with Gasteiger partial charge in [0.05, 0.1) is 11.6 Å². The second-order valence-electron chi connectivity index (χ2n) is 5.72. The van der Waals surface area contributed by atoms with Gasteiger partial charge in [0, 0.05) is 12.7 Å². The lowest BCUT2D eigenvalue weighted by Crippen LogP contribution is -2.38. The zero-order chi connectivity index (χ0) is 18.6. The van der Waals surface area contributed by atoms with E-state index in [-0.39, 0.29) is 22.7 Å². The molecule has 132 valence electrons. The number of carbonyl (C=O) groups excluding carboxylic acids is 2. The Bertz CT molecular complexity index is 775. The third-order valence-corrected chi connectivity index (χ3v) is 3.89. The van der Waals surface area contributed by atoms with Crippen LogP contribution in [0, 0.1) is 11.6 Å². The molecular weight excluding hydrogens is 328 g/mol. The first-order valence-corrected chi connectivity index (χ1v) is 7.73. The molecule has 25 heavy (non-hydrogen) atoms. The molecule has 0 spiro atoms. The lowest BCUT2D eigenvalue weighted by molar-refractivity contribution is 0.0642. The van der Waals surface area contributed by atoms with Crippen LogP contribution in [0.2, 0.25) is 0 Å². The lowest BCUT2D eigenvalue weighted by Gasteiger charge is -2.24. The van der Waals surface area contributed by atoms with E-state index in [1.54, 1.807) is 19.1 Å². The van der Waals surface area contributed by atoms with Crippen molar-refractivity contribution < 1.29 is 23.1 Å². The fourth-order valence-electron chi connectivity index (χ4n) is 2.56. The largest absolute Gasteiger partial charge is 0.375 e. The summed E-state index contributed by atoms with van der Waals surface area (Å²) in [6.07, 6.45) is -0.524. The predicted molar refractivity (Wildman–Crippen MR) is 89.5 cm³/mol. The SMILES string of the molecule is CO[C@H](c1ccc(F)cc1)[C@@H](C)NC(=O)c1ccc(C(C)=O)cc1F. The van der Waals surface area contributed by atoms with Crippen LogP contribution in [0.5, 0.6) is 0 Å². The zero-order valence-electron chi connectivity index (χ0n) is 14.2. The first kappa shape index (κ1) is 18.7. The molecular formula is C19H19F2NO3. The molecule has 4 nitrogen and oxygen atoms in total. The molecule has 0 aliphatic heterocycles. The Balaban J connectivity index is 2.15. The van der Waals surface area contributed by atoms with E-state index in [4.69, 9.17) is 4.74 Å². The molecule has 0 fully saturated rings. The van der Waals surface area contributed by atoms with Gasteiger partial charge in [0.2, 0.25) is 0 Å². The van der Waals surface area contributed by atoms with E-state index in [9.17, 15) is 18.4 Å². The number of ketones is 1. The summed E-state index contributed by atoms with van der Waals surface area (Å²) in [4.78, 5) is 23.6. The molecule has 1 amide bonds. The molecule has 2 aromatic rings. The van der Waals surface area contributed by atoms with Crippen LogP contribution in [0.15, 0.2) is 42.5 Å². The standard InChI is InChI=1S/C19H19F2NO3/c1-11(18(25-3)13-4-7-15(20)8-5-13)22-19(24)16-9-6-14(12(2)23)10-17(16)21/h4-11,18H,1-3H3,(H,22,24)/t11-,18+/m1/s1. The number of hydrogen-bond donors (Lipinski definition) is 1. The van der Waals surface area contributed by atoms with Crippen LogP contribution in [-0.2, 0) is 4.74 Å². The van der Waals surface area contributed by atoms with E-state index in [1.165, 1.54) is 38.3 Å². The summed E-state index contributed by atoms with van der Waals surface area (Å²) in [6.45, 7) is 3.03. The highest BCUT2D eigenvalue weighted by Gasteiger charge is 2.23. The Morgan fingerprint density at radius 1 is 1.08 bits per heavy atom. The number of benzene rings is 2. The maximum Gasteiger partial charge on any atom is 0.254 e. The van der Waals surface area contributed by atoms with Gasteiger partial charge in [0.15, 0.2) is 5.78 Å². The quantitative estimate of drug-likeness (QED) is 0.811. The van der Waals surface area contributed by atoms with Crippen molar-refractivity contribution >= 4 is 11.7 Å². The molecule has 0 radical (unpaired) electrons. The van der Waals surface area contributed by atoms with Crippen molar-refractivity contribution in [2.45, 2.75) is 26.0 Å². The van der Waals surface area contributed by atoms with E-state index in [0.29, 0.717) is 5.56 Å². The molecule has 0 heterocycles. The summed E-state index contributed by atoms with van der Waals surface area (Å²) >= 11 is 0. The van der Waals surface area contributed by atoms with Crippen LogP contribution in [0.4, 0.5) is 8.78 Å². The number of nitrogens with one attached hydrogen (secondary N) is 1. The summed E-state index contributed by atoms with van der Waals surface area (Å²) in [5.74, 6) is -2.05. The highest BCUT2D eigenvalue weighted by atomic mass is 19.1. The first-order chi connectivity index (χ1) is 11.8. The van der Waals surface area contributed by atoms with E-state index in [0.717, 1.165) is 6.07 Å². The number of rotatable bonds is 6. The average molecular weight is 347 g/mol. The Morgan fingerprint density at radius 2 is 1.72 bits per heavy atom. The van der Waals surface area contributed by atoms with Crippen LogP contribution in [0.1, 0.15) is 46.2 Å².